The summed E-state index contributed by atoms with van der Waals surface area (Å²) in [7, 11) is 0. The van der Waals surface area contributed by atoms with E-state index in [4.69, 9.17) is 9.47 Å². The minimum atomic E-state index is -5.49. The molecule has 3 aromatic rings. The van der Waals surface area contributed by atoms with Crippen LogP contribution in [0.25, 0.3) is 11.1 Å². The second-order valence-corrected chi connectivity index (χ2v) is 8.84. The van der Waals surface area contributed by atoms with Gasteiger partial charge in [0, 0.05) is 23.6 Å². The molecular weight excluding hydrogens is 597 g/mol. The second kappa shape index (κ2) is 11.8. The molecule has 4 nitrogen and oxygen atoms in total. The molecule has 0 aliphatic carbocycles. The molecule has 4 rings (SSSR count). The molecule has 0 aromatic heterocycles. The summed E-state index contributed by atoms with van der Waals surface area (Å²) >= 11 is 0. The van der Waals surface area contributed by atoms with E-state index in [1.807, 2.05) is 0 Å². The van der Waals surface area contributed by atoms with Crippen molar-refractivity contribution in [2.75, 3.05) is 13.2 Å². The zero-order valence-corrected chi connectivity index (χ0v) is 21.0. The van der Waals surface area contributed by atoms with E-state index in [0.717, 1.165) is 0 Å². The average Bonchev–Trinajstić information content (AvgIpc) is 2.85. The van der Waals surface area contributed by atoms with Gasteiger partial charge in [-0.1, -0.05) is 12.2 Å². The molecule has 1 fully saturated rings. The van der Waals surface area contributed by atoms with Crippen molar-refractivity contribution in [3.63, 3.8) is 0 Å². The molecule has 0 bridgehead atoms. The van der Waals surface area contributed by atoms with Crippen LogP contribution in [0.2, 0.25) is 0 Å². The summed E-state index contributed by atoms with van der Waals surface area (Å²) in [5.74, 6) is -14.4. The summed E-state index contributed by atoms with van der Waals surface area (Å²) in [6.07, 6.45) is -8.08. The van der Waals surface area contributed by atoms with E-state index < -0.39 is 81.9 Å². The summed E-state index contributed by atoms with van der Waals surface area (Å²) in [5.41, 5.74) is -4.39. The molecule has 0 radical (unpaired) electrons. The third-order valence-corrected chi connectivity index (χ3v) is 5.78. The van der Waals surface area contributed by atoms with Crippen LogP contribution in [0, 0.1) is 40.8 Å². The average molecular weight is 614 g/mol. The van der Waals surface area contributed by atoms with E-state index >= 15 is 0 Å². The lowest BCUT2D eigenvalue weighted by atomic mass is 10.0. The topological polar surface area (TPSA) is 36.9 Å². The normalized spacial score (nSPS) is 18.0. The number of hydrogen-bond donors (Lipinski definition) is 0. The molecule has 0 unspecified atom stereocenters. The van der Waals surface area contributed by atoms with Gasteiger partial charge in [0.05, 0.1) is 18.8 Å². The van der Waals surface area contributed by atoms with Crippen molar-refractivity contribution < 1.29 is 67.2 Å². The standard InChI is InChI=1S/C27H17F11O4/c1-2-3-12-10-39-25(40-11-12)14-6-18(30)23(19(31)7-14)26(34,35)41-15-8-16(28)22(17(29)9-15)13-4-20(32)24(21(33)5-13)42-27(36,37)38/h2-9,12,25H,10-11H2,1H3/b3-2+. The second-order valence-electron chi connectivity index (χ2n) is 8.84. The van der Waals surface area contributed by atoms with Crippen LogP contribution in [0.4, 0.5) is 48.3 Å². The number of alkyl halides is 5. The van der Waals surface area contributed by atoms with Gasteiger partial charge in [0.15, 0.2) is 17.9 Å². The van der Waals surface area contributed by atoms with Crippen LogP contribution in [-0.4, -0.2) is 19.6 Å². The van der Waals surface area contributed by atoms with E-state index in [1.165, 1.54) is 0 Å². The van der Waals surface area contributed by atoms with Gasteiger partial charge in [-0.15, -0.1) is 13.2 Å². The molecule has 42 heavy (non-hydrogen) atoms. The van der Waals surface area contributed by atoms with Crippen LogP contribution in [0.15, 0.2) is 48.6 Å². The zero-order chi connectivity index (χ0) is 31.0. The van der Waals surface area contributed by atoms with Gasteiger partial charge in [-0.05, 0) is 36.8 Å². The molecule has 0 amide bonds. The van der Waals surface area contributed by atoms with Crippen molar-refractivity contribution in [1.82, 2.24) is 0 Å². The number of ether oxygens (including phenoxy) is 4. The van der Waals surface area contributed by atoms with Crippen molar-refractivity contribution >= 4 is 0 Å². The maximum atomic E-state index is 14.8. The number of rotatable bonds is 7. The first-order valence-electron chi connectivity index (χ1n) is 11.8. The molecule has 3 aromatic carbocycles. The molecule has 15 heteroatoms. The zero-order valence-electron chi connectivity index (χ0n) is 21.0. The highest BCUT2D eigenvalue weighted by atomic mass is 19.4. The highest BCUT2D eigenvalue weighted by Gasteiger charge is 2.42. The number of halogens is 11. The fourth-order valence-electron chi connectivity index (χ4n) is 4.10. The van der Waals surface area contributed by atoms with Crippen LogP contribution in [-0.2, 0) is 15.6 Å². The van der Waals surface area contributed by atoms with Gasteiger partial charge in [-0.3, -0.25) is 0 Å². The third kappa shape index (κ3) is 6.78. The van der Waals surface area contributed by atoms with Gasteiger partial charge in [0.1, 0.15) is 34.6 Å². The third-order valence-electron chi connectivity index (χ3n) is 5.78. The van der Waals surface area contributed by atoms with Crippen molar-refractivity contribution in [2.24, 2.45) is 5.92 Å². The van der Waals surface area contributed by atoms with E-state index in [0.29, 0.717) is 12.1 Å². The van der Waals surface area contributed by atoms with Crippen LogP contribution in [0.1, 0.15) is 24.3 Å². The minimum Gasteiger partial charge on any atom is -0.429 e. The van der Waals surface area contributed by atoms with Crippen molar-refractivity contribution in [3.8, 4) is 22.6 Å². The van der Waals surface area contributed by atoms with Crippen LogP contribution < -0.4 is 9.47 Å². The molecule has 1 aliphatic heterocycles. The molecular formula is C27H17F11O4. The summed E-state index contributed by atoms with van der Waals surface area (Å²) < 4.78 is 172. The van der Waals surface area contributed by atoms with Gasteiger partial charge < -0.3 is 18.9 Å². The number of benzene rings is 3. The van der Waals surface area contributed by atoms with E-state index in [2.05, 4.69) is 9.47 Å². The summed E-state index contributed by atoms with van der Waals surface area (Å²) in [4.78, 5) is 0. The number of hydrogen-bond acceptors (Lipinski definition) is 4. The molecule has 0 saturated carbocycles. The van der Waals surface area contributed by atoms with Crippen LogP contribution in [0.3, 0.4) is 0 Å². The maximum absolute atomic E-state index is 14.8. The van der Waals surface area contributed by atoms with Gasteiger partial charge >= 0.3 is 12.5 Å². The fourth-order valence-corrected chi connectivity index (χ4v) is 4.10. The predicted molar refractivity (Wildman–Crippen MR) is 122 cm³/mol. The van der Waals surface area contributed by atoms with Gasteiger partial charge in [-0.25, -0.2) is 26.3 Å². The van der Waals surface area contributed by atoms with Crippen molar-refractivity contribution in [1.29, 1.82) is 0 Å². The molecule has 1 aliphatic rings. The molecule has 1 heterocycles. The first-order chi connectivity index (χ1) is 19.6. The Kier molecular flexibility index (Phi) is 8.73. The lowest BCUT2D eigenvalue weighted by molar-refractivity contribution is -0.276. The van der Waals surface area contributed by atoms with Crippen molar-refractivity contribution in [2.45, 2.75) is 25.7 Å². The van der Waals surface area contributed by atoms with E-state index in [-0.39, 0.29) is 49.0 Å². The Balaban J connectivity index is 1.58. The van der Waals surface area contributed by atoms with Gasteiger partial charge in [0.2, 0.25) is 5.75 Å². The maximum Gasteiger partial charge on any atom is 0.573 e. The van der Waals surface area contributed by atoms with Gasteiger partial charge in [0.25, 0.3) is 0 Å². The lowest BCUT2D eigenvalue weighted by Gasteiger charge is -2.28. The molecule has 0 atom stereocenters. The van der Waals surface area contributed by atoms with E-state index in [1.54, 1.807) is 19.1 Å². The highest BCUT2D eigenvalue weighted by molar-refractivity contribution is 5.67. The predicted octanol–water partition coefficient (Wildman–Crippen LogP) is 8.45. The Morgan fingerprint density at radius 2 is 1.24 bits per heavy atom. The van der Waals surface area contributed by atoms with Crippen LogP contribution >= 0.6 is 0 Å². The first kappa shape index (κ1) is 31.1. The first-order valence-corrected chi connectivity index (χ1v) is 11.8. The Bertz CT molecular complexity index is 1430. The fraction of sp³-hybridized carbons (Fsp3) is 0.259. The molecule has 1 saturated heterocycles. The van der Waals surface area contributed by atoms with Crippen LogP contribution in [0.5, 0.6) is 11.5 Å². The van der Waals surface area contributed by atoms with Crippen molar-refractivity contribution in [3.05, 3.63) is 94.6 Å². The molecule has 0 N–H and O–H groups in total. The Morgan fingerprint density at radius 1 is 0.714 bits per heavy atom. The SMILES string of the molecule is C/C=C/C1COC(c2cc(F)c(C(F)(F)Oc3cc(F)c(-c4cc(F)c(OC(F)(F)F)c(F)c4)c(F)c3)c(F)c2)OC1. The summed E-state index contributed by atoms with van der Waals surface area (Å²) in [6, 6.07) is 1.45. The summed E-state index contributed by atoms with van der Waals surface area (Å²) in [6.45, 7) is 2.00. The highest BCUT2D eigenvalue weighted by Crippen LogP contribution is 2.40. The minimum absolute atomic E-state index is 0.105. The summed E-state index contributed by atoms with van der Waals surface area (Å²) in [5, 5.41) is 0. The van der Waals surface area contributed by atoms with Gasteiger partial charge in [-0.2, -0.15) is 8.78 Å². The quantitative estimate of drug-likeness (QED) is 0.198. The molecule has 226 valence electrons. The Labute approximate surface area is 229 Å². The lowest BCUT2D eigenvalue weighted by Crippen LogP contribution is -2.28. The Hall–Kier alpha value is -3.85. The monoisotopic (exact) mass is 614 g/mol. The smallest absolute Gasteiger partial charge is 0.429 e. The molecule has 0 spiro atoms. The Morgan fingerprint density at radius 3 is 1.71 bits per heavy atom. The largest absolute Gasteiger partial charge is 0.573 e. The van der Waals surface area contributed by atoms with E-state index in [9.17, 15) is 48.3 Å². The number of allylic oxidation sites excluding steroid dienone is 1.